The number of rotatable bonds is 9. The summed E-state index contributed by atoms with van der Waals surface area (Å²) in [5, 5.41) is 6.34. The van der Waals surface area contributed by atoms with E-state index in [1.54, 1.807) is 18.5 Å². The van der Waals surface area contributed by atoms with Gasteiger partial charge in [-0.2, -0.15) is 0 Å². The molecule has 1 aromatic heterocycles. The number of anilines is 1. The molecule has 1 aromatic rings. The van der Waals surface area contributed by atoms with Gasteiger partial charge in [-0.1, -0.05) is 33.1 Å². The van der Waals surface area contributed by atoms with Gasteiger partial charge in [-0.05, 0) is 25.8 Å². The molecule has 1 heterocycles. The first-order valence-corrected chi connectivity index (χ1v) is 7.71. The molecule has 0 aromatic carbocycles. The molecule has 4 nitrogen and oxygen atoms in total. The molecule has 1 atom stereocenters. The number of carbonyl (C=O) groups is 1. The van der Waals surface area contributed by atoms with E-state index in [0.29, 0.717) is 5.56 Å². The van der Waals surface area contributed by atoms with Crippen LogP contribution in [0.15, 0.2) is 18.5 Å². The molecule has 1 unspecified atom stereocenters. The minimum absolute atomic E-state index is 0.00194. The molecule has 0 aliphatic rings. The minimum atomic E-state index is -0.00194. The zero-order valence-corrected chi connectivity index (χ0v) is 12.9. The number of nitrogens with one attached hydrogen (secondary N) is 2. The first-order chi connectivity index (χ1) is 9.72. The first kappa shape index (κ1) is 16.5. The summed E-state index contributed by atoms with van der Waals surface area (Å²) in [6.45, 7) is 7.12. The highest BCUT2D eigenvalue weighted by atomic mass is 16.1. The van der Waals surface area contributed by atoms with Crippen LogP contribution in [0.2, 0.25) is 0 Å². The van der Waals surface area contributed by atoms with Gasteiger partial charge in [-0.15, -0.1) is 0 Å². The molecular formula is C16H27N3O. The summed E-state index contributed by atoms with van der Waals surface area (Å²) in [4.78, 5) is 16.5. The maximum Gasteiger partial charge on any atom is 0.253 e. The molecule has 0 aliphatic carbocycles. The van der Waals surface area contributed by atoms with Gasteiger partial charge in [0, 0.05) is 18.8 Å². The second kappa shape index (κ2) is 9.34. The molecular weight excluding hydrogens is 250 g/mol. The Balaban J connectivity index is 2.72. The van der Waals surface area contributed by atoms with E-state index in [2.05, 4.69) is 29.5 Å². The zero-order chi connectivity index (χ0) is 14.8. The topological polar surface area (TPSA) is 54.0 Å². The molecule has 0 saturated carbocycles. The lowest BCUT2D eigenvalue weighted by molar-refractivity contribution is 0.0933. The van der Waals surface area contributed by atoms with Crippen molar-refractivity contribution in [2.75, 3.05) is 11.9 Å². The van der Waals surface area contributed by atoms with Crippen LogP contribution in [0.3, 0.4) is 0 Å². The average molecular weight is 277 g/mol. The zero-order valence-electron chi connectivity index (χ0n) is 12.9. The Morgan fingerprint density at radius 3 is 2.70 bits per heavy atom. The number of pyridine rings is 1. The normalized spacial score (nSPS) is 11.9. The van der Waals surface area contributed by atoms with Gasteiger partial charge in [-0.25, -0.2) is 0 Å². The molecule has 2 N–H and O–H groups in total. The van der Waals surface area contributed by atoms with E-state index in [0.717, 1.165) is 44.3 Å². The molecule has 0 radical (unpaired) electrons. The Kier molecular flexibility index (Phi) is 7.70. The standard InChI is InChI=1S/C16H27N3O/c1-4-7-9-13(8-5-2)19-16(20)14-10-11-17-12-15(14)18-6-3/h10-13,18H,4-9H2,1-3H3,(H,19,20). The quantitative estimate of drug-likeness (QED) is 0.725. The fourth-order valence-corrected chi connectivity index (χ4v) is 2.27. The lowest BCUT2D eigenvalue weighted by Crippen LogP contribution is -2.35. The van der Waals surface area contributed by atoms with Gasteiger partial charge in [0.15, 0.2) is 0 Å². The fraction of sp³-hybridized carbons (Fsp3) is 0.625. The number of hydrogen-bond donors (Lipinski definition) is 2. The molecule has 1 rings (SSSR count). The van der Waals surface area contributed by atoms with Crippen molar-refractivity contribution in [3.8, 4) is 0 Å². The van der Waals surface area contributed by atoms with Crippen LogP contribution in [-0.2, 0) is 0 Å². The van der Waals surface area contributed by atoms with Crippen molar-refractivity contribution in [1.29, 1.82) is 0 Å². The average Bonchev–Trinajstić information content (AvgIpc) is 2.46. The third kappa shape index (κ3) is 5.19. The molecule has 0 saturated heterocycles. The van der Waals surface area contributed by atoms with Gasteiger partial charge in [0.2, 0.25) is 0 Å². The Morgan fingerprint density at radius 1 is 1.25 bits per heavy atom. The van der Waals surface area contributed by atoms with Crippen LogP contribution in [0.25, 0.3) is 0 Å². The number of unbranched alkanes of at least 4 members (excludes halogenated alkanes) is 1. The van der Waals surface area contributed by atoms with Crippen molar-refractivity contribution in [2.24, 2.45) is 0 Å². The summed E-state index contributed by atoms with van der Waals surface area (Å²) in [5.41, 5.74) is 1.48. The van der Waals surface area contributed by atoms with E-state index < -0.39 is 0 Å². The SMILES string of the molecule is CCCCC(CCC)NC(=O)c1ccncc1NCC. The van der Waals surface area contributed by atoms with Crippen molar-refractivity contribution in [2.45, 2.75) is 58.9 Å². The van der Waals surface area contributed by atoms with Gasteiger partial charge in [0.1, 0.15) is 0 Å². The van der Waals surface area contributed by atoms with Gasteiger partial charge in [-0.3, -0.25) is 9.78 Å². The van der Waals surface area contributed by atoms with Gasteiger partial charge < -0.3 is 10.6 Å². The minimum Gasteiger partial charge on any atom is -0.383 e. The maximum absolute atomic E-state index is 12.4. The predicted molar refractivity (Wildman–Crippen MR) is 84.1 cm³/mol. The predicted octanol–water partition coefficient (Wildman–Crippen LogP) is 3.60. The van der Waals surface area contributed by atoms with E-state index in [-0.39, 0.29) is 11.9 Å². The third-order valence-electron chi connectivity index (χ3n) is 3.31. The number of amides is 1. The van der Waals surface area contributed by atoms with E-state index >= 15 is 0 Å². The van der Waals surface area contributed by atoms with Crippen LogP contribution in [0.5, 0.6) is 0 Å². The van der Waals surface area contributed by atoms with Crippen LogP contribution < -0.4 is 10.6 Å². The smallest absolute Gasteiger partial charge is 0.253 e. The van der Waals surface area contributed by atoms with Crippen molar-refractivity contribution >= 4 is 11.6 Å². The number of carbonyl (C=O) groups excluding carboxylic acids is 1. The number of aromatic nitrogens is 1. The summed E-state index contributed by atoms with van der Waals surface area (Å²) in [7, 11) is 0. The molecule has 0 aliphatic heterocycles. The van der Waals surface area contributed by atoms with Crippen LogP contribution in [0.1, 0.15) is 63.2 Å². The summed E-state index contributed by atoms with van der Waals surface area (Å²) in [5.74, 6) is -0.00194. The van der Waals surface area contributed by atoms with Gasteiger partial charge in [0.25, 0.3) is 5.91 Å². The molecule has 0 spiro atoms. The third-order valence-corrected chi connectivity index (χ3v) is 3.31. The van der Waals surface area contributed by atoms with E-state index in [1.165, 1.54) is 0 Å². The summed E-state index contributed by atoms with van der Waals surface area (Å²) in [6.07, 6.45) is 8.86. The Bertz CT molecular complexity index is 406. The van der Waals surface area contributed by atoms with Crippen LogP contribution in [0, 0.1) is 0 Å². The molecule has 0 bridgehead atoms. The van der Waals surface area contributed by atoms with Crippen LogP contribution in [0.4, 0.5) is 5.69 Å². The van der Waals surface area contributed by atoms with E-state index in [1.807, 2.05) is 6.92 Å². The van der Waals surface area contributed by atoms with E-state index in [9.17, 15) is 4.79 Å². The van der Waals surface area contributed by atoms with Gasteiger partial charge >= 0.3 is 0 Å². The fourth-order valence-electron chi connectivity index (χ4n) is 2.27. The van der Waals surface area contributed by atoms with Crippen molar-refractivity contribution in [3.63, 3.8) is 0 Å². The largest absolute Gasteiger partial charge is 0.383 e. The van der Waals surface area contributed by atoms with Crippen LogP contribution >= 0.6 is 0 Å². The number of hydrogen-bond acceptors (Lipinski definition) is 3. The van der Waals surface area contributed by atoms with E-state index in [4.69, 9.17) is 0 Å². The Hall–Kier alpha value is -1.58. The van der Waals surface area contributed by atoms with Crippen LogP contribution in [-0.4, -0.2) is 23.5 Å². The highest BCUT2D eigenvalue weighted by molar-refractivity contribution is 5.99. The second-order valence-electron chi connectivity index (χ2n) is 5.05. The second-order valence-corrected chi connectivity index (χ2v) is 5.05. The van der Waals surface area contributed by atoms with Crippen molar-refractivity contribution in [3.05, 3.63) is 24.0 Å². The summed E-state index contributed by atoms with van der Waals surface area (Å²) < 4.78 is 0. The lowest BCUT2D eigenvalue weighted by atomic mass is 10.0. The summed E-state index contributed by atoms with van der Waals surface area (Å²) in [6, 6.07) is 2.05. The van der Waals surface area contributed by atoms with Crippen molar-refractivity contribution in [1.82, 2.24) is 10.3 Å². The highest BCUT2D eigenvalue weighted by Crippen LogP contribution is 2.14. The highest BCUT2D eigenvalue weighted by Gasteiger charge is 2.15. The summed E-state index contributed by atoms with van der Waals surface area (Å²) >= 11 is 0. The Morgan fingerprint density at radius 2 is 2.05 bits per heavy atom. The molecule has 112 valence electrons. The first-order valence-electron chi connectivity index (χ1n) is 7.71. The Labute approximate surface area is 122 Å². The maximum atomic E-state index is 12.4. The molecule has 4 heteroatoms. The molecule has 20 heavy (non-hydrogen) atoms. The van der Waals surface area contributed by atoms with Crippen molar-refractivity contribution < 1.29 is 4.79 Å². The number of nitrogens with zero attached hydrogens (tertiary/aromatic N) is 1. The monoisotopic (exact) mass is 277 g/mol. The lowest BCUT2D eigenvalue weighted by Gasteiger charge is -2.19. The molecule has 0 fully saturated rings. The molecule has 1 amide bonds. The van der Waals surface area contributed by atoms with Gasteiger partial charge in [0.05, 0.1) is 17.4 Å².